The zero-order valence-electron chi connectivity index (χ0n) is 24.0. The van der Waals surface area contributed by atoms with E-state index in [-0.39, 0.29) is 28.1 Å². The van der Waals surface area contributed by atoms with Gasteiger partial charge < -0.3 is 14.2 Å². The Kier molecular flexibility index (Phi) is 9.90. The number of benzene rings is 3. The molecular formula is C32H22ClF3IN3O5S. The number of hydrogen-bond donors (Lipinski definition) is 0. The van der Waals surface area contributed by atoms with E-state index in [1.165, 1.54) is 44.4 Å². The summed E-state index contributed by atoms with van der Waals surface area (Å²) in [5, 5.41) is 9.33. The quantitative estimate of drug-likeness (QED) is 0.159. The van der Waals surface area contributed by atoms with Gasteiger partial charge in [0, 0.05) is 5.02 Å². The number of carbonyl (C=O) groups is 1. The van der Waals surface area contributed by atoms with Crippen molar-refractivity contribution in [3.63, 3.8) is 0 Å². The fourth-order valence-electron chi connectivity index (χ4n) is 4.75. The highest BCUT2D eigenvalue weighted by Gasteiger charge is 2.45. The molecule has 46 heavy (non-hydrogen) atoms. The molecule has 3 aromatic carbocycles. The minimum atomic E-state index is -5.01. The minimum Gasteiger partial charge on any atom is -0.493 e. The maximum Gasteiger partial charge on any atom is 0.434 e. The SMILES string of the molecule is CCOC(=O)C1=C(C(F)(F)F)N=c2s/c(=C\c3cc(I)c(OCc4ccc(C#N)cc4)c(OC)c3)c(=O)n2[C@@H]1c1ccc(Cl)cc1. The van der Waals surface area contributed by atoms with E-state index < -0.39 is 35.0 Å². The molecule has 236 valence electrons. The third-order valence-corrected chi connectivity index (χ3v) is 8.83. The molecule has 0 amide bonds. The molecule has 4 aromatic rings. The molecule has 0 radical (unpaired) electrons. The van der Waals surface area contributed by atoms with Crippen molar-refractivity contribution in [2.45, 2.75) is 25.7 Å². The van der Waals surface area contributed by atoms with Crippen LogP contribution in [0.2, 0.25) is 5.02 Å². The van der Waals surface area contributed by atoms with E-state index in [2.05, 4.69) is 33.7 Å². The van der Waals surface area contributed by atoms with Crippen LogP contribution in [0.15, 0.2) is 81.7 Å². The number of hydrogen-bond acceptors (Lipinski definition) is 8. The Morgan fingerprint density at radius 1 is 1.17 bits per heavy atom. The molecule has 5 rings (SSSR count). The molecule has 1 aliphatic heterocycles. The summed E-state index contributed by atoms with van der Waals surface area (Å²) < 4.78 is 61.4. The van der Waals surface area contributed by atoms with Gasteiger partial charge in [0.05, 0.1) is 45.1 Å². The summed E-state index contributed by atoms with van der Waals surface area (Å²) in [4.78, 5) is 30.4. The highest BCUT2D eigenvalue weighted by molar-refractivity contribution is 14.1. The molecule has 8 nitrogen and oxygen atoms in total. The van der Waals surface area contributed by atoms with Crippen molar-refractivity contribution in [1.29, 1.82) is 5.26 Å². The van der Waals surface area contributed by atoms with Crippen LogP contribution < -0.4 is 24.4 Å². The summed E-state index contributed by atoms with van der Waals surface area (Å²) >= 11 is 8.85. The third-order valence-electron chi connectivity index (χ3n) is 6.80. The second kappa shape index (κ2) is 13.7. The Morgan fingerprint density at radius 3 is 2.48 bits per heavy atom. The van der Waals surface area contributed by atoms with Crippen LogP contribution in [0, 0.1) is 14.9 Å². The summed E-state index contributed by atoms with van der Waals surface area (Å²) in [6.07, 6.45) is -3.50. The monoisotopic (exact) mass is 779 g/mol. The molecule has 14 heteroatoms. The zero-order chi connectivity index (χ0) is 33.2. The second-order valence-corrected chi connectivity index (χ2v) is 12.4. The number of nitrogens with zero attached hydrogens (tertiary/aromatic N) is 3. The van der Waals surface area contributed by atoms with Crippen LogP contribution in [0.4, 0.5) is 13.2 Å². The number of rotatable bonds is 8. The molecular weight excluding hydrogens is 758 g/mol. The van der Waals surface area contributed by atoms with Crippen LogP contribution in [-0.4, -0.2) is 30.4 Å². The molecule has 0 aliphatic carbocycles. The lowest BCUT2D eigenvalue weighted by Gasteiger charge is -2.26. The second-order valence-electron chi connectivity index (χ2n) is 9.75. The smallest absolute Gasteiger partial charge is 0.434 e. The Labute approximate surface area is 282 Å². The van der Waals surface area contributed by atoms with Gasteiger partial charge in [0.2, 0.25) is 0 Å². The topological polar surface area (TPSA) is 103 Å². The van der Waals surface area contributed by atoms with Gasteiger partial charge >= 0.3 is 12.1 Å². The van der Waals surface area contributed by atoms with Crippen molar-refractivity contribution in [3.05, 3.63) is 122 Å². The number of methoxy groups -OCH3 is 1. The van der Waals surface area contributed by atoms with E-state index in [1.54, 1.807) is 36.4 Å². The van der Waals surface area contributed by atoms with Crippen molar-refractivity contribution in [3.8, 4) is 17.6 Å². The average molecular weight is 780 g/mol. The highest BCUT2D eigenvalue weighted by atomic mass is 127. The van der Waals surface area contributed by atoms with E-state index in [0.717, 1.165) is 21.5 Å². The van der Waals surface area contributed by atoms with Gasteiger partial charge in [0.15, 0.2) is 22.0 Å². The Balaban J connectivity index is 1.62. The maximum atomic E-state index is 14.4. The van der Waals surface area contributed by atoms with Crippen molar-refractivity contribution in [1.82, 2.24) is 4.57 Å². The largest absolute Gasteiger partial charge is 0.493 e. The normalized spacial score (nSPS) is 14.7. The molecule has 2 heterocycles. The van der Waals surface area contributed by atoms with Crippen molar-refractivity contribution in [2.75, 3.05) is 13.7 Å². The number of thiazole rings is 1. The lowest BCUT2D eigenvalue weighted by atomic mass is 9.95. The zero-order valence-corrected chi connectivity index (χ0v) is 27.8. The summed E-state index contributed by atoms with van der Waals surface area (Å²) in [6, 6.07) is 16.7. The van der Waals surface area contributed by atoms with E-state index in [9.17, 15) is 22.8 Å². The standard InChI is InChI=1S/C32H22ClF3IN3O5S/c1-3-44-30(42)25-26(20-8-10-21(33)11-9-20)40-29(41)24(46-31(40)39-28(25)32(34,35)36)14-19-12-22(37)27(23(13-19)43-2)45-16-18-6-4-17(15-38)5-7-18/h4-14,26H,3,16H2,1-2H3/b24-14-/t26-/m1/s1. The molecule has 0 spiro atoms. The molecule has 0 unspecified atom stereocenters. The van der Waals surface area contributed by atoms with Gasteiger partial charge in [0.25, 0.3) is 5.56 Å². The molecule has 1 aliphatic rings. The van der Waals surface area contributed by atoms with Crippen LogP contribution in [0.5, 0.6) is 11.5 Å². The molecule has 0 saturated carbocycles. The Hall–Kier alpha value is -4.13. The summed E-state index contributed by atoms with van der Waals surface area (Å²) in [7, 11) is 1.46. The highest BCUT2D eigenvalue weighted by Crippen LogP contribution is 2.39. The summed E-state index contributed by atoms with van der Waals surface area (Å²) in [5.74, 6) is -0.422. The number of halogens is 5. The lowest BCUT2D eigenvalue weighted by molar-refractivity contribution is -0.140. The fourth-order valence-corrected chi connectivity index (χ4v) is 6.65. The number of esters is 1. The summed E-state index contributed by atoms with van der Waals surface area (Å²) in [5.41, 5.74) is -0.789. The van der Waals surface area contributed by atoms with Gasteiger partial charge in [-0.15, -0.1) is 0 Å². The van der Waals surface area contributed by atoms with Crippen LogP contribution in [0.25, 0.3) is 6.08 Å². The van der Waals surface area contributed by atoms with Crippen molar-refractivity contribution >= 4 is 57.6 Å². The first-order valence-corrected chi connectivity index (χ1v) is 15.8. The first kappa shape index (κ1) is 33.2. The molecule has 0 saturated heterocycles. The van der Waals surface area contributed by atoms with Gasteiger partial charge in [-0.25, -0.2) is 9.79 Å². The molecule has 0 N–H and O–H groups in total. The number of ether oxygens (including phenoxy) is 3. The first-order chi connectivity index (χ1) is 21.9. The van der Waals surface area contributed by atoms with Crippen LogP contribution in [0.3, 0.4) is 0 Å². The Morgan fingerprint density at radius 2 is 1.87 bits per heavy atom. The van der Waals surface area contributed by atoms with Crippen LogP contribution >= 0.6 is 45.5 Å². The predicted molar refractivity (Wildman–Crippen MR) is 173 cm³/mol. The van der Waals surface area contributed by atoms with E-state index >= 15 is 0 Å². The number of nitriles is 1. The Bertz CT molecular complexity index is 2070. The van der Waals surface area contributed by atoms with Gasteiger partial charge in [-0.1, -0.05) is 47.2 Å². The number of aromatic nitrogens is 1. The number of fused-ring (bicyclic) bond motifs is 1. The van der Waals surface area contributed by atoms with E-state index in [0.29, 0.717) is 31.2 Å². The number of carbonyl (C=O) groups excluding carboxylic acids is 1. The average Bonchev–Trinajstić information content (AvgIpc) is 3.34. The van der Waals surface area contributed by atoms with Crippen LogP contribution in [0.1, 0.15) is 35.2 Å². The van der Waals surface area contributed by atoms with Crippen molar-refractivity contribution < 1.29 is 32.2 Å². The minimum absolute atomic E-state index is 0.0773. The molecule has 0 bridgehead atoms. The van der Waals surface area contributed by atoms with Gasteiger partial charge in [0.1, 0.15) is 6.61 Å². The predicted octanol–water partition coefficient (Wildman–Crippen LogP) is 6.06. The van der Waals surface area contributed by atoms with E-state index in [4.69, 9.17) is 31.1 Å². The van der Waals surface area contributed by atoms with Gasteiger partial charge in [-0.3, -0.25) is 9.36 Å². The first-order valence-electron chi connectivity index (χ1n) is 13.5. The van der Waals surface area contributed by atoms with E-state index in [1.807, 2.05) is 0 Å². The molecule has 1 atom stereocenters. The molecule has 1 aromatic heterocycles. The lowest BCUT2D eigenvalue weighted by Crippen LogP contribution is -2.41. The fraction of sp³-hybridized carbons (Fsp3) is 0.188. The molecule has 0 fully saturated rings. The van der Waals surface area contributed by atoms with Gasteiger partial charge in [-0.2, -0.15) is 18.4 Å². The van der Waals surface area contributed by atoms with Gasteiger partial charge in [-0.05, 0) is 88.7 Å². The number of alkyl halides is 3. The number of allylic oxidation sites excluding steroid dienone is 1. The van der Waals surface area contributed by atoms with Crippen LogP contribution in [-0.2, 0) is 16.1 Å². The third kappa shape index (κ3) is 6.84. The summed E-state index contributed by atoms with van der Waals surface area (Å²) in [6.45, 7) is 1.49. The maximum absolute atomic E-state index is 14.4. The van der Waals surface area contributed by atoms with Crippen molar-refractivity contribution in [2.24, 2.45) is 4.99 Å².